The molecule has 1 aliphatic carbocycles. The van der Waals surface area contributed by atoms with Gasteiger partial charge in [0.05, 0.1) is 18.2 Å². The minimum atomic E-state index is -3.73. The average molecular weight is 463 g/mol. The lowest BCUT2D eigenvalue weighted by Gasteiger charge is -2.26. The zero-order valence-electron chi connectivity index (χ0n) is 17.5. The molecule has 1 aliphatic heterocycles. The summed E-state index contributed by atoms with van der Waals surface area (Å²) in [6.07, 6.45) is 4.79. The molecule has 31 heavy (non-hydrogen) atoms. The first-order chi connectivity index (χ1) is 14.9. The summed E-state index contributed by atoms with van der Waals surface area (Å²) in [5.74, 6) is 0.829. The minimum Gasteiger partial charge on any atom is -0.497 e. The van der Waals surface area contributed by atoms with Gasteiger partial charge in [-0.05, 0) is 67.5 Å². The van der Waals surface area contributed by atoms with Crippen molar-refractivity contribution in [3.05, 3.63) is 58.6 Å². The number of hydrogen-bond acceptors (Lipinski definition) is 4. The molecule has 1 atom stereocenters. The van der Waals surface area contributed by atoms with E-state index in [4.69, 9.17) is 16.3 Å². The van der Waals surface area contributed by atoms with Crippen molar-refractivity contribution in [3.63, 3.8) is 0 Å². The van der Waals surface area contributed by atoms with Gasteiger partial charge in [-0.15, -0.1) is 0 Å². The molecule has 4 rings (SSSR count). The summed E-state index contributed by atoms with van der Waals surface area (Å²) in [6, 6.07) is 12.0. The second kappa shape index (κ2) is 9.18. The Bertz CT molecular complexity index is 1050. The third-order valence-corrected chi connectivity index (χ3v) is 8.36. The van der Waals surface area contributed by atoms with E-state index in [-0.39, 0.29) is 21.9 Å². The van der Waals surface area contributed by atoms with Crippen LogP contribution in [0.25, 0.3) is 0 Å². The lowest BCUT2D eigenvalue weighted by atomic mass is 10.0. The predicted molar refractivity (Wildman–Crippen MR) is 120 cm³/mol. The number of benzene rings is 2. The lowest BCUT2D eigenvalue weighted by Crippen LogP contribution is -2.36. The van der Waals surface area contributed by atoms with Gasteiger partial charge < -0.3 is 10.1 Å². The van der Waals surface area contributed by atoms with E-state index in [1.165, 1.54) is 16.4 Å². The number of carbonyl (C=O) groups is 1. The number of amides is 1. The molecule has 1 N–H and O–H groups in total. The monoisotopic (exact) mass is 462 g/mol. The molecule has 166 valence electrons. The molecular weight excluding hydrogens is 436 g/mol. The Labute approximate surface area is 188 Å². The van der Waals surface area contributed by atoms with Gasteiger partial charge in [-0.25, -0.2) is 8.42 Å². The van der Waals surface area contributed by atoms with Crippen LogP contribution in [0.1, 0.15) is 54.1 Å². The Kier molecular flexibility index (Phi) is 6.55. The molecule has 2 aromatic carbocycles. The molecule has 2 aromatic rings. The number of halogens is 1. The zero-order valence-corrected chi connectivity index (χ0v) is 19.1. The number of nitrogens with zero attached hydrogens (tertiary/aromatic N) is 1. The second-order valence-corrected chi connectivity index (χ2v) is 10.5. The Balaban J connectivity index is 1.57. The van der Waals surface area contributed by atoms with Crippen molar-refractivity contribution < 1.29 is 17.9 Å². The molecule has 1 heterocycles. The first kappa shape index (κ1) is 22.1. The normalized spacial score (nSPS) is 18.4. The van der Waals surface area contributed by atoms with Crippen molar-refractivity contribution in [1.29, 1.82) is 0 Å². The number of hydrogen-bond donors (Lipinski definition) is 1. The maximum atomic E-state index is 13.1. The molecule has 0 radical (unpaired) electrons. The Morgan fingerprint density at radius 1 is 1.10 bits per heavy atom. The van der Waals surface area contributed by atoms with Crippen LogP contribution in [-0.4, -0.2) is 38.8 Å². The van der Waals surface area contributed by atoms with Crippen LogP contribution in [0.4, 0.5) is 0 Å². The van der Waals surface area contributed by atoms with Gasteiger partial charge in [0, 0.05) is 18.7 Å². The standard InChI is InChI=1S/C23H27ClN2O4S/c1-30-19-10-7-17(8-11-19)22(16-5-6-16)25-23(27)18-9-12-20(24)21(15-18)31(28,29)26-13-3-2-4-14-26/h7-12,15-16,22H,2-6,13-14H2,1H3,(H,25,27). The fourth-order valence-electron chi connectivity index (χ4n) is 4.03. The van der Waals surface area contributed by atoms with E-state index in [1.54, 1.807) is 13.2 Å². The molecule has 6 nitrogen and oxygen atoms in total. The quantitative estimate of drug-likeness (QED) is 0.661. The highest BCUT2D eigenvalue weighted by molar-refractivity contribution is 7.89. The largest absolute Gasteiger partial charge is 0.497 e. The lowest BCUT2D eigenvalue weighted by molar-refractivity contribution is 0.0931. The van der Waals surface area contributed by atoms with Crippen LogP contribution >= 0.6 is 11.6 Å². The van der Waals surface area contributed by atoms with Gasteiger partial charge in [-0.2, -0.15) is 4.31 Å². The molecule has 2 aliphatic rings. The molecule has 2 fully saturated rings. The van der Waals surface area contributed by atoms with Crippen molar-refractivity contribution in [2.45, 2.75) is 43.0 Å². The molecule has 1 amide bonds. The third-order valence-electron chi connectivity index (χ3n) is 5.98. The van der Waals surface area contributed by atoms with E-state index in [9.17, 15) is 13.2 Å². The van der Waals surface area contributed by atoms with Gasteiger partial charge in [-0.1, -0.05) is 30.2 Å². The van der Waals surface area contributed by atoms with Crippen LogP contribution in [0.2, 0.25) is 5.02 Å². The molecule has 0 spiro atoms. The van der Waals surface area contributed by atoms with Gasteiger partial charge in [0.25, 0.3) is 5.91 Å². The number of piperidine rings is 1. The van der Waals surface area contributed by atoms with E-state index in [2.05, 4.69) is 5.32 Å². The highest BCUT2D eigenvalue weighted by Crippen LogP contribution is 2.41. The summed E-state index contributed by atoms with van der Waals surface area (Å²) in [7, 11) is -2.12. The van der Waals surface area contributed by atoms with Gasteiger partial charge in [0.2, 0.25) is 10.0 Å². The Morgan fingerprint density at radius 2 is 1.77 bits per heavy atom. The maximum Gasteiger partial charge on any atom is 0.251 e. The van der Waals surface area contributed by atoms with Gasteiger partial charge in [0.15, 0.2) is 0 Å². The van der Waals surface area contributed by atoms with Crippen LogP contribution in [-0.2, 0) is 10.0 Å². The first-order valence-corrected chi connectivity index (χ1v) is 12.5. The van der Waals surface area contributed by atoms with Crippen molar-refractivity contribution in [2.75, 3.05) is 20.2 Å². The van der Waals surface area contributed by atoms with E-state index in [0.717, 1.165) is 43.4 Å². The second-order valence-electron chi connectivity index (χ2n) is 8.17. The summed E-state index contributed by atoms with van der Waals surface area (Å²) >= 11 is 6.25. The average Bonchev–Trinajstić information content (AvgIpc) is 3.63. The van der Waals surface area contributed by atoms with Crippen LogP contribution in [0, 0.1) is 5.92 Å². The highest BCUT2D eigenvalue weighted by Gasteiger charge is 2.34. The van der Waals surface area contributed by atoms with E-state index < -0.39 is 10.0 Å². The fourth-order valence-corrected chi connectivity index (χ4v) is 6.04. The first-order valence-electron chi connectivity index (χ1n) is 10.6. The molecular formula is C23H27ClN2O4S. The summed E-state index contributed by atoms with van der Waals surface area (Å²) in [5.41, 5.74) is 1.30. The van der Waals surface area contributed by atoms with Crippen LogP contribution < -0.4 is 10.1 Å². The number of sulfonamides is 1. The molecule has 1 saturated carbocycles. The zero-order chi connectivity index (χ0) is 22.0. The maximum absolute atomic E-state index is 13.1. The summed E-state index contributed by atoms with van der Waals surface area (Å²) < 4.78 is 32.9. The van der Waals surface area contributed by atoms with Crippen LogP contribution in [0.5, 0.6) is 5.75 Å². The summed E-state index contributed by atoms with van der Waals surface area (Å²) in [5, 5.41) is 3.23. The topological polar surface area (TPSA) is 75.7 Å². The van der Waals surface area contributed by atoms with Gasteiger partial charge >= 0.3 is 0 Å². The third kappa shape index (κ3) is 4.89. The number of nitrogens with one attached hydrogen (secondary N) is 1. The SMILES string of the molecule is COc1ccc(C(NC(=O)c2ccc(Cl)c(S(=O)(=O)N3CCCCC3)c2)C2CC2)cc1. The highest BCUT2D eigenvalue weighted by atomic mass is 35.5. The van der Waals surface area contributed by atoms with Crippen LogP contribution in [0.3, 0.4) is 0 Å². The van der Waals surface area contributed by atoms with Gasteiger partial charge in [-0.3, -0.25) is 4.79 Å². The minimum absolute atomic E-state index is 0.00358. The van der Waals surface area contributed by atoms with E-state index in [1.807, 2.05) is 24.3 Å². The van der Waals surface area contributed by atoms with Crippen molar-refractivity contribution >= 4 is 27.5 Å². The predicted octanol–water partition coefficient (Wildman–Crippen LogP) is 4.40. The van der Waals surface area contributed by atoms with Crippen LogP contribution in [0.15, 0.2) is 47.4 Å². The van der Waals surface area contributed by atoms with Crippen molar-refractivity contribution in [1.82, 2.24) is 9.62 Å². The Morgan fingerprint density at radius 3 is 2.39 bits per heavy atom. The number of rotatable bonds is 7. The summed E-state index contributed by atoms with van der Waals surface area (Å²) in [4.78, 5) is 13.1. The number of ether oxygens (including phenoxy) is 1. The summed E-state index contributed by atoms with van der Waals surface area (Å²) in [6.45, 7) is 0.965. The molecule has 0 bridgehead atoms. The van der Waals surface area contributed by atoms with E-state index in [0.29, 0.717) is 24.6 Å². The smallest absolute Gasteiger partial charge is 0.251 e. The molecule has 0 aromatic heterocycles. The van der Waals surface area contributed by atoms with Gasteiger partial charge in [0.1, 0.15) is 10.6 Å². The molecule has 1 unspecified atom stereocenters. The Hall–Kier alpha value is -2.09. The fraction of sp³-hybridized carbons (Fsp3) is 0.435. The molecule has 8 heteroatoms. The van der Waals surface area contributed by atoms with Crippen molar-refractivity contribution in [2.24, 2.45) is 5.92 Å². The van der Waals surface area contributed by atoms with Crippen molar-refractivity contribution in [3.8, 4) is 5.75 Å². The number of methoxy groups -OCH3 is 1. The molecule has 1 saturated heterocycles. The van der Waals surface area contributed by atoms with E-state index >= 15 is 0 Å². The number of carbonyl (C=O) groups excluding carboxylic acids is 1.